The van der Waals surface area contributed by atoms with Crippen LogP contribution in [0.5, 0.6) is 0 Å². The summed E-state index contributed by atoms with van der Waals surface area (Å²) in [5.74, 6) is 0.268. The van der Waals surface area contributed by atoms with Crippen LogP contribution in [0.25, 0.3) is 0 Å². The van der Waals surface area contributed by atoms with Gasteiger partial charge in [-0.1, -0.05) is 0 Å². The van der Waals surface area contributed by atoms with E-state index in [0.29, 0.717) is 32.1 Å². The molecule has 122 valence electrons. The molecule has 0 aromatic heterocycles. The van der Waals surface area contributed by atoms with Crippen LogP contribution < -0.4 is 5.32 Å². The largest absolute Gasteiger partial charge is 0.465 e. The molecule has 0 atom stereocenters. The molecule has 21 heavy (non-hydrogen) atoms. The number of carbonyl (C=O) groups is 2. The number of hydrogen-bond acceptors (Lipinski definition) is 5. The van der Waals surface area contributed by atoms with Crippen molar-refractivity contribution in [2.45, 2.75) is 32.6 Å². The van der Waals surface area contributed by atoms with Crippen molar-refractivity contribution < 1.29 is 19.1 Å². The summed E-state index contributed by atoms with van der Waals surface area (Å²) in [4.78, 5) is 25.4. The van der Waals surface area contributed by atoms with Gasteiger partial charge in [-0.15, -0.1) is 0 Å². The van der Waals surface area contributed by atoms with Crippen molar-refractivity contribution in [3.63, 3.8) is 0 Å². The third kappa shape index (κ3) is 7.43. The minimum Gasteiger partial charge on any atom is -0.465 e. The Morgan fingerprint density at radius 3 is 2.62 bits per heavy atom. The minimum atomic E-state index is -0.358. The van der Waals surface area contributed by atoms with Gasteiger partial charge in [0.05, 0.1) is 13.2 Å². The van der Waals surface area contributed by atoms with Crippen LogP contribution in [0.1, 0.15) is 32.6 Å². The van der Waals surface area contributed by atoms with Crippen molar-refractivity contribution in [3.05, 3.63) is 0 Å². The zero-order valence-electron chi connectivity index (χ0n) is 13.2. The predicted molar refractivity (Wildman–Crippen MR) is 79.9 cm³/mol. The average molecular weight is 300 g/mol. The molecule has 1 aliphatic heterocycles. The van der Waals surface area contributed by atoms with Gasteiger partial charge in [0, 0.05) is 20.1 Å². The van der Waals surface area contributed by atoms with Gasteiger partial charge < -0.3 is 19.7 Å². The number of carbonyl (C=O) groups excluding carboxylic acids is 2. The summed E-state index contributed by atoms with van der Waals surface area (Å²) in [5, 5.41) is 3.32. The Morgan fingerprint density at radius 2 is 2.00 bits per heavy atom. The second-order valence-corrected chi connectivity index (χ2v) is 5.35. The summed E-state index contributed by atoms with van der Waals surface area (Å²) in [6.07, 6.45) is 3.65. The molecule has 0 radical (unpaired) electrons. The van der Waals surface area contributed by atoms with Crippen molar-refractivity contribution >= 4 is 11.9 Å². The lowest BCUT2D eigenvalue weighted by Gasteiger charge is -2.25. The number of rotatable bonds is 9. The van der Waals surface area contributed by atoms with Gasteiger partial charge in [-0.25, -0.2) is 0 Å². The lowest BCUT2D eigenvalue weighted by atomic mass is 9.93. The molecule has 1 amide bonds. The maximum atomic E-state index is 12.3. The molecular formula is C15H28N2O4. The molecule has 6 nitrogen and oxygen atoms in total. The molecule has 1 fully saturated rings. The fraction of sp³-hybridized carbons (Fsp3) is 0.867. The van der Waals surface area contributed by atoms with E-state index >= 15 is 0 Å². The Bertz CT molecular complexity index is 317. The molecule has 0 aromatic rings. The van der Waals surface area contributed by atoms with Crippen molar-refractivity contribution in [3.8, 4) is 0 Å². The summed E-state index contributed by atoms with van der Waals surface area (Å²) in [5.41, 5.74) is 0. The Balaban J connectivity index is 2.39. The first kappa shape index (κ1) is 17.9. The van der Waals surface area contributed by atoms with Gasteiger partial charge >= 0.3 is 5.97 Å². The minimum absolute atomic E-state index is 0.0126. The molecule has 0 spiro atoms. The van der Waals surface area contributed by atoms with Crippen molar-refractivity contribution in [1.29, 1.82) is 0 Å². The molecule has 1 rings (SSSR count). The third-order valence-corrected chi connectivity index (χ3v) is 3.77. The number of piperidine rings is 1. The number of methoxy groups -OCH3 is 1. The van der Waals surface area contributed by atoms with Crippen LogP contribution in [0.15, 0.2) is 0 Å². The van der Waals surface area contributed by atoms with Gasteiger partial charge in [0.25, 0.3) is 0 Å². The van der Waals surface area contributed by atoms with Crippen molar-refractivity contribution in [2.75, 3.05) is 46.5 Å². The van der Waals surface area contributed by atoms with E-state index in [1.807, 2.05) is 0 Å². The Kier molecular flexibility index (Phi) is 9.01. The maximum Gasteiger partial charge on any atom is 0.325 e. The van der Waals surface area contributed by atoms with Crippen LogP contribution in [-0.2, 0) is 19.1 Å². The topological polar surface area (TPSA) is 67.9 Å². The van der Waals surface area contributed by atoms with Crippen molar-refractivity contribution in [1.82, 2.24) is 10.2 Å². The van der Waals surface area contributed by atoms with Crippen LogP contribution in [0.4, 0.5) is 0 Å². The number of ether oxygens (including phenoxy) is 2. The molecule has 1 heterocycles. The molecule has 1 saturated heterocycles. The summed E-state index contributed by atoms with van der Waals surface area (Å²) in [7, 11) is 1.59. The van der Waals surface area contributed by atoms with E-state index in [4.69, 9.17) is 9.47 Å². The average Bonchev–Trinajstić information content (AvgIpc) is 2.50. The second kappa shape index (κ2) is 10.6. The summed E-state index contributed by atoms with van der Waals surface area (Å²) in [6, 6.07) is 0. The molecule has 0 unspecified atom stereocenters. The molecule has 0 bridgehead atoms. The molecule has 1 aliphatic rings. The highest BCUT2D eigenvalue weighted by atomic mass is 16.5. The maximum absolute atomic E-state index is 12.3. The number of amides is 1. The molecular weight excluding hydrogens is 272 g/mol. The quantitative estimate of drug-likeness (QED) is 0.638. The SMILES string of the molecule is CCOC(=O)CN(CCOC)C(=O)CCC1CCNCC1. The van der Waals surface area contributed by atoms with Gasteiger partial charge in [0.1, 0.15) is 6.54 Å². The lowest BCUT2D eigenvalue weighted by Crippen LogP contribution is -2.39. The summed E-state index contributed by atoms with van der Waals surface area (Å²) >= 11 is 0. The van der Waals surface area contributed by atoms with Crippen LogP contribution in [0, 0.1) is 5.92 Å². The van der Waals surface area contributed by atoms with E-state index in [0.717, 1.165) is 32.4 Å². The Labute approximate surface area is 127 Å². The third-order valence-electron chi connectivity index (χ3n) is 3.77. The Morgan fingerprint density at radius 1 is 1.29 bits per heavy atom. The molecule has 1 N–H and O–H groups in total. The van der Waals surface area contributed by atoms with E-state index in [9.17, 15) is 9.59 Å². The van der Waals surface area contributed by atoms with Gasteiger partial charge in [0.2, 0.25) is 5.91 Å². The normalized spacial score (nSPS) is 15.7. The van der Waals surface area contributed by atoms with Crippen LogP contribution in [0.3, 0.4) is 0 Å². The highest BCUT2D eigenvalue weighted by Gasteiger charge is 2.20. The number of nitrogens with zero attached hydrogens (tertiary/aromatic N) is 1. The van der Waals surface area contributed by atoms with Gasteiger partial charge in [-0.3, -0.25) is 9.59 Å². The molecule has 6 heteroatoms. The number of esters is 1. The van der Waals surface area contributed by atoms with E-state index in [1.165, 1.54) is 0 Å². The van der Waals surface area contributed by atoms with E-state index in [1.54, 1.807) is 18.9 Å². The standard InChI is InChI=1S/C15H28N2O4/c1-3-21-15(19)12-17(10-11-20-2)14(18)5-4-13-6-8-16-9-7-13/h13,16H,3-12H2,1-2H3. The predicted octanol–water partition coefficient (Wildman–Crippen LogP) is 0.804. The fourth-order valence-corrected chi connectivity index (χ4v) is 2.51. The van der Waals surface area contributed by atoms with Crippen LogP contribution in [0.2, 0.25) is 0 Å². The molecule has 0 saturated carbocycles. The van der Waals surface area contributed by atoms with Crippen LogP contribution in [-0.4, -0.2) is 63.3 Å². The first-order valence-corrected chi connectivity index (χ1v) is 7.80. The lowest BCUT2D eigenvalue weighted by molar-refractivity contribution is -0.149. The zero-order valence-corrected chi connectivity index (χ0v) is 13.2. The van der Waals surface area contributed by atoms with E-state index in [-0.39, 0.29) is 18.4 Å². The van der Waals surface area contributed by atoms with Crippen molar-refractivity contribution in [2.24, 2.45) is 5.92 Å². The second-order valence-electron chi connectivity index (χ2n) is 5.35. The Hall–Kier alpha value is -1.14. The first-order chi connectivity index (χ1) is 10.2. The highest BCUT2D eigenvalue weighted by Crippen LogP contribution is 2.18. The van der Waals surface area contributed by atoms with E-state index < -0.39 is 0 Å². The fourth-order valence-electron chi connectivity index (χ4n) is 2.51. The smallest absolute Gasteiger partial charge is 0.325 e. The monoisotopic (exact) mass is 300 g/mol. The number of hydrogen-bond donors (Lipinski definition) is 1. The number of nitrogens with one attached hydrogen (secondary N) is 1. The first-order valence-electron chi connectivity index (χ1n) is 7.80. The summed E-state index contributed by atoms with van der Waals surface area (Å²) < 4.78 is 9.92. The molecule has 0 aromatic carbocycles. The van der Waals surface area contributed by atoms with Gasteiger partial charge in [-0.2, -0.15) is 0 Å². The van der Waals surface area contributed by atoms with Crippen LogP contribution >= 0.6 is 0 Å². The molecule has 0 aliphatic carbocycles. The highest BCUT2D eigenvalue weighted by molar-refractivity contribution is 5.82. The van der Waals surface area contributed by atoms with Gasteiger partial charge in [-0.05, 0) is 45.2 Å². The zero-order chi connectivity index (χ0) is 15.5. The van der Waals surface area contributed by atoms with Gasteiger partial charge in [0.15, 0.2) is 0 Å². The van der Waals surface area contributed by atoms with E-state index in [2.05, 4.69) is 5.32 Å². The summed E-state index contributed by atoms with van der Waals surface area (Å²) in [6.45, 7) is 5.04.